The molecule has 0 aromatic heterocycles. The second-order valence-electron chi connectivity index (χ2n) is 9.72. The molecule has 2 aliphatic heterocycles. The van der Waals surface area contributed by atoms with Crippen molar-refractivity contribution in [2.75, 3.05) is 61.9 Å². The molecule has 10 heteroatoms. The fraction of sp³-hybridized carbons (Fsp3) is 0.481. The Labute approximate surface area is 219 Å². The highest BCUT2D eigenvalue weighted by atomic mass is 32.2. The third kappa shape index (κ3) is 6.42. The van der Waals surface area contributed by atoms with E-state index in [1.54, 1.807) is 12.0 Å². The fourth-order valence-electron chi connectivity index (χ4n) is 4.78. The molecule has 2 fully saturated rings. The Morgan fingerprint density at radius 2 is 1.68 bits per heavy atom. The van der Waals surface area contributed by atoms with Crippen LogP contribution < -0.4 is 19.9 Å². The number of nitrogens with one attached hydrogen (secondary N) is 1. The summed E-state index contributed by atoms with van der Waals surface area (Å²) >= 11 is 0. The molecule has 0 radical (unpaired) electrons. The number of amides is 2. The number of methoxy groups -OCH3 is 1. The first-order valence-electron chi connectivity index (χ1n) is 12.7. The largest absolute Gasteiger partial charge is 0.497 e. The number of rotatable bonds is 9. The van der Waals surface area contributed by atoms with E-state index in [2.05, 4.69) is 10.2 Å². The molecule has 2 heterocycles. The second kappa shape index (κ2) is 11.5. The number of benzene rings is 2. The summed E-state index contributed by atoms with van der Waals surface area (Å²) in [6.07, 6.45) is 0.490. The van der Waals surface area contributed by atoms with Crippen molar-refractivity contribution in [2.24, 2.45) is 5.92 Å². The number of sulfonamides is 1. The molecule has 1 atom stereocenters. The zero-order chi connectivity index (χ0) is 26.6. The van der Waals surface area contributed by atoms with Gasteiger partial charge in [0, 0.05) is 57.1 Å². The maximum absolute atomic E-state index is 12.8. The Kier molecular flexibility index (Phi) is 8.39. The van der Waals surface area contributed by atoms with Crippen LogP contribution in [-0.4, -0.2) is 76.7 Å². The average molecular weight is 529 g/mol. The smallest absolute Gasteiger partial charge is 0.227 e. The van der Waals surface area contributed by atoms with Crippen LogP contribution in [0.2, 0.25) is 0 Å². The van der Waals surface area contributed by atoms with Gasteiger partial charge in [0.1, 0.15) is 5.75 Å². The van der Waals surface area contributed by atoms with Crippen LogP contribution in [0.15, 0.2) is 42.5 Å². The van der Waals surface area contributed by atoms with E-state index in [9.17, 15) is 18.0 Å². The molecule has 4 rings (SSSR count). The van der Waals surface area contributed by atoms with Gasteiger partial charge in [-0.2, -0.15) is 4.31 Å². The van der Waals surface area contributed by atoms with Crippen molar-refractivity contribution in [1.29, 1.82) is 0 Å². The summed E-state index contributed by atoms with van der Waals surface area (Å²) in [5.74, 6) is 0.0609. The van der Waals surface area contributed by atoms with E-state index >= 15 is 0 Å². The molecule has 9 nitrogen and oxygen atoms in total. The molecule has 2 aromatic carbocycles. The molecule has 2 aromatic rings. The lowest BCUT2D eigenvalue weighted by atomic mass is 10.1. The minimum absolute atomic E-state index is 0.0197. The predicted molar refractivity (Wildman–Crippen MR) is 145 cm³/mol. The molecule has 2 amide bonds. The van der Waals surface area contributed by atoms with Crippen LogP contribution in [0, 0.1) is 19.8 Å². The summed E-state index contributed by atoms with van der Waals surface area (Å²) in [6, 6.07) is 13.6. The van der Waals surface area contributed by atoms with Crippen LogP contribution in [-0.2, 0) is 19.6 Å². The van der Waals surface area contributed by atoms with E-state index in [1.807, 2.05) is 56.3 Å². The normalized spacial score (nSPS) is 18.8. The molecule has 2 saturated heterocycles. The average Bonchev–Trinajstić information content (AvgIpc) is 3.30. The van der Waals surface area contributed by atoms with Gasteiger partial charge in [-0.05, 0) is 67.8 Å². The molecule has 37 heavy (non-hydrogen) atoms. The first kappa shape index (κ1) is 26.9. The number of carbonyl (C=O) groups is 2. The molecule has 0 aliphatic carbocycles. The van der Waals surface area contributed by atoms with Gasteiger partial charge in [0.15, 0.2) is 0 Å². The third-order valence-corrected chi connectivity index (χ3v) is 9.20. The summed E-state index contributed by atoms with van der Waals surface area (Å²) in [5, 5.41) is 2.83. The predicted octanol–water partition coefficient (Wildman–Crippen LogP) is 2.32. The SMILES string of the molecule is COc1ccc(N2CCN(S(=O)(=O)CCCNC(=O)C3CC(=O)N(c4ccc(C)c(C)c4)C3)CC2)cc1. The van der Waals surface area contributed by atoms with Gasteiger partial charge < -0.3 is 19.9 Å². The van der Waals surface area contributed by atoms with E-state index < -0.39 is 15.9 Å². The Morgan fingerprint density at radius 1 is 1.00 bits per heavy atom. The van der Waals surface area contributed by atoms with E-state index in [-0.39, 0.29) is 30.5 Å². The van der Waals surface area contributed by atoms with Gasteiger partial charge in [-0.1, -0.05) is 6.07 Å². The summed E-state index contributed by atoms with van der Waals surface area (Å²) in [5.41, 5.74) is 4.10. The molecule has 1 N–H and O–H groups in total. The van der Waals surface area contributed by atoms with Crippen LogP contribution >= 0.6 is 0 Å². The van der Waals surface area contributed by atoms with Crippen molar-refractivity contribution in [1.82, 2.24) is 9.62 Å². The molecule has 2 aliphatic rings. The van der Waals surface area contributed by atoms with E-state index in [1.165, 1.54) is 4.31 Å². The van der Waals surface area contributed by atoms with E-state index in [0.717, 1.165) is 28.3 Å². The molecular weight excluding hydrogens is 492 g/mol. The lowest BCUT2D eigenvalue weighted by Gasteiger charge is -2.35. The minimum atomic E-state index is -3.40. The molecular formula is C27H36N4O5S. The zero-order valence-corrected chi connectivity index (χ0v) is 22.6. The Bertz CT molecular complexity index is 1220. The van der Waals surface area contributed by atoms with Crippen LogP contribution in [0.4, 0.5) is 11.4 Å². The molecule has 200 valence electrons. The van der Waals surface area contributed by atoms with Crippen molar-refractivity contribution in [3.8, 4) is 5.75 Å². The summed E-state index contributed by atoms with van der Waals surface area (Å²) in [7, 11) is -1.78. The van der Waals surface area contributed by atoms with Crippen LogP contribution in [0.3, 0.4) is 0 Å². The Hall–Kier alpha value is -3.11. The highest BCUT2D eigenvalue weighted by molar-refractivity contribution is 7.89. The van der Waals surface area contributed by atoms with E-state index in [0.29, 0.717) is 39.1 Å². The van der Waals surface area contributed by atoms with Crippen molar-refractivity contribution in [2.45, 2.75) is 26.7 Å². The Morgan fingerprint density at radius 3 is 2.32 bits per heavy atom. The van der Waals surface area contributed by atoms with Crippen LogP contribution in [0.25, 0.3) is 0 Å². The van der Waals surface area contributed by atoms with Gasteiger partial charge in [0.25, 0.3) is 0 Å². The molecule has 1 unspecified atom stereocenters. The van der Waals surface area contributed by atoms with Crippen LogP contribution in [0.5, 0.6) is 5.75 Å². The number of ether oxygens (including phenoxy) is 1. The zero-order valence-electron chi connectivity index (χ0n) is 21.8. The second-order valence-corrected chi connectivity index (χ2v) is 11.8. The number of anilines is 2. The maximum atomic E-state index is 12.8. The standard InChI is InChI=1S/C27H36N4O5S/c1-20-5-6-24(17-21(20)2)31-19-22(18-26(31)32)27(33)28-11-4-16-37(34,35)30-14-12-29(13-15-30)23-7-9-25(36-3)10-8-23/h5-10,17,22H,4,11-16,18-19H2,1-3H3,(H,28,33). The summed E-state index contributed by atoms with van der Waals surface area (Å²) in [6.45, 7) is 6.72. The topological polar surface area (TPSA) is 99.3 Å². The number of hydrogen-bond donors (Lipinski definition) is 1. The molecule has 0 spiro atoms. The van der Waals surface area contributed by atoms with Crippen LogP contribution in [0.1, 0.15) is 24.0 Å². The number of carbonyl (C=O) groups excluding carboxylic acids is 2. The van der Waals surface area contributed by atoms with Crippen molar-refractivity contribution in [3.05, 3.63) is 53.6 Å². The van der Waals surface area contributed by atoms with Gasteiger partial charge in [-0.25, -0.2) is 8.42 Å². The third-order valence-electron chi connectivity index (χ3n) is 7.25. The Balaban J connectivity index is 1.20. The molecule has 0 bridgehead atoms. The van der Waals surface area contributed by atoms with Gasteiger partial charge in [-0.3, -0.25) is 9.59 Å². The van der Waals surface area contributed by atoms with Gasteiger partial charge in [0.2, 0.25) is 21.8 Å². The molecule has 0 saturated carbocycles. The highest BCUT2D eigenvalue weighted by Gasteiger charge is 2.35. The quantitative estimate of drug-likeness (QED) is 0.502. The lowest BCUT2D eigenvalue weighted by molar-refractivity contribution is -0.126. The highest BCUT2D eigenvalue weighted by Crippen LogP contribution is 2.27. The fourth-order valence-corrected chi connectivity index (χ4v) is 6.27. The first-order valence-corrected chi connectivity index (χ1v) is 14.3. The van der Waals surface area contributed by atoms with Gasteiger partial charge in [0.05, 0.1) is 18.8 Å². The number of hydrogen-bond acceptors (Lipinski definition) is 6. The maximum Gasteiger partial charge on any atom is 0.227 e. The summed E-state index contributed by atoms with van der Waals surface area (Å²) in [4.78, 5) is 29.0. The van der Waals surface area contributed by atoms with Crippen molar-refractivity contribution < 1.29 is 22.7 Å². The number of piperazine rings is 1. The monoisotopic (exact) mass is 528 g/mol. The first-order chi connectivity index (χ1) is 17.7. The summed E-state index contributed by atoms with van der Waals surface area (Å²) < 4.78 is 32.4. The van der Waals surface area contributed by atoms with Crippen molar-refractivity contribution >= 4 is 33.2 Å². The van der Waals surface area contributed by atoms with Gasteiger partial charge in [-0.15, -0.1) is 0 Å². The van der Waals surface area contributed by atoms with E-state index in [4.69, 9.17) is 4.74 Å². The lowest BCUT2D eigenvalue weighted by Crippen LogP contribution is -2.49. The van der Waals surface area contributed by atoms with Crippen molar-refractivity contribution in [3.63, 3.8) is 0 Å². The minimum Gasteiger partial charge on any atom is -0.497 e. The van der Waals surface area contributed by atoms with Gasteiger partial charge >= 0.3 is 0 Å². The number of aryl methyl sites for hydroxylation is 2. The number of nitrogens with zero attached hydrogens (tertiary/aromatic N) is 3.